The van der Waals surface area contributed by atoms with Gasteiger partial charge in [0.05, 0.1) is 12.5 Å². The molecule has 2 aromatic rings. The Morgan fingerprint density at radius 3 is 2.81 bits per heavy atom. The third-order valence-electron chi connectivity index (χ3n) is 1.85. The van der Waals surface area contributed by atoms with Crippen LogP contribution in [0.25, 0.3) is 0 Å². The molecule has 0 aliphatic carbocycles. The first kappa shape index (κ1) is 10.5. The lowest BCUT2D eigenvalue weighted by molar-refractivity contribution is 0.420. The maximum atomic E-state index is 11.9. The van der Waals surface area contributed by atoms with Gasteiger partial charge >= 0.3 is 0 Å². The van der Waals surface area contributed by atoms with Crippen molar-refractivity contribution in [3.05, 3.63) is 18.8 Å². The van der Waals surface area contributed by atoms with Gasteiger partial charge in [0, 0.05) is 7.05 Å². The molecular formula is C7H9N5O3S. The van der Waals surface area contributed by atoms with Gasteiger partial charge in [-0.1, -0.05) is 5.16 Å². The second-order valence-electron chi connectivity index (χ2n) is 3.06. The van der Waals surface area contributed by atoms with E-state index in [0.29, 0.717) is 0 Å². The minimum Gasteiger partial charge on any atom is -0.381 e. The van der Waals surface area contributed by atoms with Crippen LogP contribution in [0.5, 0.6) is 0 Å². The number of nitrogens with zero attached hydrogens (tertiary/aromatic N) is 3. The predicted molar refractivity (Wildman–Crippen MR) is 54.9 cm³/mol. The number of aryl methyl sites for hydroxylation is 1. The standard InChI is InChI=1S/C7H9N5O3S/c1-12-4-9-6(8)7(12)16(13,14)11-5-2-10-15-3-5/h2-4,11H,8H2,1H3. The van der Waals surface area contributed by atoms with Crippen LogP contribution in [-0.4, -0.2) is 23.1 Å². The van der Waals surface area contributed by atoms with Crippen LogP contribution in [0.2, 0.25) is 0 Å². The highest BCUT2D eigenvalue weighted by molar-refractivity contribution is 7.92. The van der Waals surface area contributed by atoms with Gasteiger partial charge in [-0.3, -0.25) is 4.72 Å². The van der Waals surface area contributed by atoms with Gasteiger partial charge in [-0.2, -0.15) is 8.42 Å². The van der Waals surface area contributed by atoms with E-state index in [2.05, 4.69) is 19.4 Å². The number of rotatable bonds is 3. The molecule has 2 heterocycles. The smallest absolute Gasteiger partial charge is 0.281 e. The first-order chi connectivity index (χ1) is 7.50. The lowest BCUT2D eigenvalue weighted by Gasteiger charge is -2.06. The van der Waals surface area contributed by atoms with Crippen LogP contribution in [0.4, 0.5) is 11.5 Å². The molecule has 0 amide bonds. The summed E-state index contributed by atoms with van der Waals surface area (Å²) in [5.74, 6) is -0.0635. The zero-order valence-electron chi connectivity index (χ0n) is 8.28. The van der Waals surface area contributed by atoms with Gasteiger partial charge < -0.3 is 14.8 Å². The van der Waals surface area contributed by atoms with Crippen LogP contribution >= 0.6 is 0 Å². The maximum Gasteiger partial charge on any atom is 0.281 e. The summed E-state index contributed by atoms with van der Waals surface area (Å²) in [6, 6.07) is 0. The van der Waals surface area contributed by atoms with Crippen molar-refractivity contribution in [2.75, 3.05) is 10.5 Å². The number of sulfonamides is 1. The molecule has 86 valence electrons. The second kappa shape index (κ2) is 3.52. The van der Waals surface area contributed by atoms with Crippen molar-refractivity contribution in [1.29, 1.82) is 0 Å². The van der Waals surface area contributed by atoms with Crippen LogP contribution < -0.4 is 10.5 Å². The zero-order valence-corrected chi connectivity index (χ0v) is 9.10. The topological polar surface area (TPSA) is 116 Å². The molecule has 0 spiro atoms. The van der Waals surface area contributed by atoms with Crippen molar-refractivity contribution in [3.8, 4) is 0 Å². The molecule has 0 aliphatic heterocycles. The Hall–Kier alpha value is -2.03. The van der Waals surface area contributed by atoms with Gasteiger partial charge in [0.15, 0.2) is 10.8 Å². The Kier molecular flexibility index (Phi) is 2.31. The van der Waals surface area contributed by atoms with E-state index in [1.165, 1.54) is 30.4 Å². The van der Waals surface area contributed by atoms with Crippen LogP contribution in [0.1, 0.15) is 0 Å². The van der Waals surface area contributed by atoms with Crippen molar-refractivity contribution >= 4 is 21.5 Å². The van der Waals surface area contributed by atoms with E-state index in [4.69, 9.17) is 5.73 Å². The average Bonchev–Trinajstić information content (AvgIpc) is 2.76. The SMILES string of the molecule is Cn1cnc(N)c1S(=O)(=O)Nc1cnoc1. The number of anilines is 2. The lowest BCUT2D eigenvalue weighted by Crippen LogP contribution is -2.17. The molecule has 0 saturated carbocycles. The molecule has 16 heavy (non-hydrogen) atoms. The second-order valence-corrected chi connectivity index (χ2v) is 4.66. The van der Waals surface area contributed by atoms with E-state index < -0.39 is 10.0 Å². The molecular weight excluding hydrogens is 234 g/mol. The van der Waals surface area contributed by atoms with Gasteiger partial charge in [-0.25, -0.2) is 4.98 Å². The number of nitrogens with one attached hydrogen (secondary N) is 1. The molecule has 0 radical (unpaired) electrons. The molecule has 0 aromatic carbocycles. The molecule has 0 saturated heterocycles. The molecule has 0 unspecified atom stereocenters. The summed E-state index contributed by atoms with van der Waals surface area (Å²) in [5, 5.41) is 3.27. The molecule has 2 aromatic heterocycles. The van der Waals surface area contributed by atoms with Crippen molar-refractivity contribution in [3.63, 3.8) is 0 Å². The van der Waals surface area contributed by atoms with E-state index in [0.717, 1.165) is 0 Å². The molecule has 0 atom stereocenters. The number of nitrogens with two attached hydrogens (primary N) is 1. The Morgan fingerprint density at radius 1 is 1.56 bits per heavy atom. The van der Waals surface area contributed by atoms with Crippen LogP contribution in [0.3, 0.4) is 0 Å². The quantitative estimate of drug-likeness (QED) is 0.770. The highest BCUT2D eigenvalue weighted by atomic mass is 32.2. The normalized spacial score (nSPS) is 11.6. The van der Waals surface area contributed by atoms with Crippen molar-refractivity contribution in [2.45, 2.75) is 5.03 Å². The fourth-order valence-electron chi connectivity index (χ4n) is 1.22. The summed E-state index contributed by atoms with van der Waals surface area (Å²) < 4.78 is 31.8. The van der Waals surface area contributed by atoms with Crippen LogP contribution in [-0.2, 0) is 17.1 Å². The minimum absolute atomic E-state index is 0.0635. The van der Waals surface area contributed by atoms with Crippen LogP contribution in [0, 0.1) is 0 Å². The van der Waals surface area contributed by atoms with Gasteiger partial charge in [0.1, 0.15) is 12.0 Å². The number of nitrogen functional groups attached to an aromatic ring is 1. The number of imidazole rings is 1. The Morgan fingerprint density at radius 2 is 2.31 bits per heavy atom. The molecule has 3 N–H and O–H groups in total. The van der Waals surface area contributed by atoms with Crippen molar-refractivity contribution in [1.82, 2.24) is 14.7 Å². The lowest BCUT2D eigenvalue weighted by atomic mass is 10.6. The first-order valence-corrected chi connectivity index (χ1v) is 5.68. The zero-order chi connectivity index (χ0) is 11.8. The summed E-state index contributed by atoms with van der Waals surface area (Å²) >= 11 is 0. The molecule has 2 rings (SSSR count). The third kappa shape index (κ3) is 1.72. The molecule has 9 heteroatoms. The number of aromatic nitrogens is 3. The van der Waals surface area contributed by atoms with Gasteiger partial charge in [0.25, 0.3) is 10.0 Å². The highest BCUT2D eigenvalue weighted by Crippen LogP contribution is 2.19. The summed E-state index contributed by atoms with van der Waals surface area (Å²) in [7, 11) is -2.24. The van der Waals surface area contributed by atoms with Crippen LogP contribution in [0.15, 0.2) is 28.3 Å². The molecule has 0 fully saturated rings. The van der Waals surface area contributed by atoms with E-state index in [1.54, 1.807) is 0 Å². The number of hydrogen-bond donors (Lipinski definition) is 2. The summed E-state index contributed by atoms with van der Waals surface area (Å²) in [4.78, 5) is 3.69. The average molecular weight is 243 g/mol. The summed E-state index contributed by atoms with van der Waals surface area (Å²) in [6.07, 6.45) is 3.73. The first-order valence-electron chi connectivity index (χ1n) is 4.19. The minimum atomic E-state index is -3.78. The molecule has 0 aliphatic rings. The van der Waals surface area contributed by atoms with E-state index in [9.17, 15) is 8.42 Å². The van der Waals surface area contributed by atoms with Gasteiger partial charge in [0.2, 0.25) is 0 Å². The monoisotopic (exact) mass is 243 g/mol. The van der Waals surface area contributed by atoms with E-state index in [-0.39, 0.29) is 16.5 Å². The van der Waals surface area contributed by atoms with E-state index >= 15 is 0 Å². The van der Waals surface area contributed by atoms with Gasteiger partial charge in [-0.15, -0.1) is 0 Å². The summed E-state index contributed by atoms with van der Waals surface area (Å²) in [6.45, 7) is 0. The Bertz CT molecular complexity index is 566. The largest absolute Gasteiger partial charge is 0.381 e. The maximum absolute atomic E-state index is 11.9. The molecule has 8 nitrogen and oxygen atoms in total. The Balaban J connectivity index is 2.40. The van der Waals surface area contributed by atoms with E-state index in [1.807, 2.05) is 0 Å². The number of hydrogen-bond acceptors (Lipinski definition) is 6. The molecule has 0 bridgehead atoms. The van der Waals surface area contributed by atoms with Crippen molar-refractivity contribution in [2.24, 2.45) is 7.05 Å². The highest BCUT2D eigenvalue weighted by Gasteiger charge is 2.22. The third-order valence-corrected chi connectivity index (χ3v) is 3.36. The van der Waals surface area contributed by atoms with Crippen molar-refractivity contribution < 1.29 is 12.9 Å². The van der Waals surface area contributed by atoms with Gasteiger partial charge in [-0.05, 0) is 0 Å². The predicted octanol–water partition coefficient (Wildman–Crippen LogP) is -0.209. The fourth-order valence-corrected chi connectivity index (χ4v) is 2.49. The summed E-state index contributed by atoms with van der Waals surface area (Å²) in [5.41, 5.74) is 5.69. The fraction of sp³-hybridized carbons (Fsp3) is 0.143. The Labute approximate surface area is 91.1 Å².